The molecule has 1 unspecified atom stereocenters. The van der Waals surface area contributed by atoms with Gasteiger partial charge in [0.15, 0.2) is 0 Å². The summed E-state index contributed by atoms with van der Waals surface area (Å²) in [6.07, 6.45) is -2.57. The minimum Gasteiger partial charge on any atom is -0.475 e. The number of pyridine rings is 1. The number of aryl methyl sites for hydroxylation is 1. The molecule has 0 amide bonds. The Morgan fingerprint density at radius 1 is 1.05 bits per heavy atom. The number of carboxylic acids is 2. The highest BCUT2D eigenvalue weighted by atomic mass is 19.4. The number of rotatable bonds is 6. The van der Waals surface area contributed by atoms with Crippen molar-refractivity contribution in [3.05, 3.63) is 47.5 Å². The fraction of sp³-hybridized carbons (Fsp3) is 0.545. The molecular formula is C22H26F6N4O5. The Labute approximate surface area is 207 Å². The van der Waals surface area contributed by atoms with Gasteiger partial charge in [0.25, 0.3) is 0 Å². The maximum absolute atomic E-state index is 10.6. The smallest absolute Gasteiger partial charge is 0.475 e. The first-order valence-corrected chi connectivity index (χ1v) is 11.0. The summed E-state index contributed by atoms with van der Waals surface area (Å²) in [7, 11) is 2.04. The van der Waals surface area contributed by atoms with Gasteiger partial charge in [-0.1, -0.05) is 6.07 Å². The van der Waals surface area contributed by atoms with Gasteiger partial charge in [-0.25, -0.2) is 9.59 Å². The minimum atomic E-state index is -5.08. The molecule has 2 aliphatic rings. The Kier molecular flexibility index (Phi) is 10.4. The lowest BCUT2D eigenvalue weighted by atomic mass is 10.00. The SMILES string of the molecule is Cn1ncc2c1C(COCC1CC1)N(Cc1ccccn1)CC2.O=C(O)C(F)(F)F.O=C(O)C(F)(F)F. The van der Waals surface area contributed by atoms with Gasteiger partial charge in [-0.3, -0.25) is 14.6 Å². The van der Waals surface area contributed by atoms with E-state index >= 15 is 0 Å². The highest BCUT2D eigenvalue weighted by molar-refractivity contribution is 5.73. The number of hydrogen-bond donors (Lipinski definition) is 2. The fourth-order valence-corrected chi connectivity index (χ4v) is 3.41. The average Bonchev–Trinajstić information content (AvgIpc) is 3.56. The quantitative estimate of drug-likeness (QED) is 0.534. The molecule has 0 spiro atoms. The van der Waals surface area contributed by atoms with Gasteiger partial charge in [0.1, 0.15) is 0 Å². The van der Waals surface area contributed by atoms with E-state index in [2.05, 4.69) is 27.1 Å². The number of carbonyl (C=O) groups is 2. The number of fused-ring (bicyclic) bond motifs is 1. The second-order valence-electron chi connectivity index (χ2n) is 8.32. The molecular weight excluding hydrogens is 514 g/mol. The first-order chi connectivity index (χ1) is 17.2. The number of hydrogen-bond acceptors (Lipinski definition) is 6. The molecule has 1 saturated carbocycles. The van der Waals surface area contributed by atoms with Crippen LogP contribution in [0.4, 0.5) is 26.3 Å². The van der Waals surface area contributed by atoms with Gasteiger partial charge < -0.3 is 14.9 Å². The largest absolute Gasteiger partial charge is 0.490 e. The van der Waals surface area contributed by atoms with Crippen LogP contribution >= 0.6 is 0 Å². The highest BCUT2D eigenvalue weighted by Gasteiger charge is 2.39. The maximum atomic E-state index is 10.6. The molecule has 3 heterocycles. The van der Waals surface area contributed by atoms with Gasteiger partial charge >= 0.3 is 24.3 Å². The van der Waals surface area contributed by atoms with E-state index in [-0.39, 0.29) is 6.04 Å². The predicted octanol–water partition coefficient (Wildman–Crippen LogP) is 3.61. The van der Waals surface area contributed by atoms with E-state index in [0.717, 1.165) is 44.3 Å². The zero-order chi connectivity index (χ0) is 27.8. The minimum absolute atomic E-state index is 0.270. The number of alkyl halides is 6. The van der Waals surface area contributed by atoms with Gasteiger partial charge in [0.05, 0.1) is 30.2 Å². The van der Waals surface area contributed by atoms with Gasteiger partial charge in [-0.15, -0.1) is 0 Å². The Morgan fingerprint density at radius 3 is 2.14 bits per heavy atom. The van der Waals surface area contributed by atoms with Crippen molar-refractivity contribution < 1.29 is 50.9 Å². The maximum Gasteiger partial charge on any atom is 0.490 e. The van der Waals surface area contributed by atoms with E-state index in [4.69, 9.17) is 24.5 Å². The molecule has 1 atom stereocenters. The second kappa shape index (κ2) is 12.9. The molecule has 4 rings (SSSR count). The van der Waals surface area contributed by atoms with E-state index in [1.54, 1.807) is 0 Å². The number of carboxylic acid groups (broad SMARTS) is 2. The van der Waals surface area contributed by atoms with Crippen LogP contribution in [0.5, 0.6) is 0 Å². The molecule has 0 radical (unpaired) electrons. The predicted molar refractivity (Wildman–Crippen MR) is 115 cm³/mol. The first kappa shape index (κ1) is 30.0. The van der Waals surface area contributed by atoms with Crippen molar-refractivity contribution in [3.63, 3.8) is 0 Å². The zero-order valence-corrected chi connectivity index (χ0v) is 19.7. The molecule has 2 aromatic rings. The Morgan fingerprint density at radius 2 is 1.65 bits per heavy atom. The second-order valence-corrected chi connectivity index (χ2v) is 8.32. The third-order valence-electron chi connectivity index (χ3n) is 5.39. The molecule has 0 saturated heterocycles. The first-order valence-electron chi connectivity index (χ1n) is 11.0. The van der Waals surface area contributed by atoms with Crippen LogP contribution in [0.15, 0.2) is 30.6 Å². The number of ether oxygens (including phenoxy) is 1. The summed E-state index contributed by atoms with van der Waals surface area (Å²) >= 11 is 0. The van der Waals surface area contributed by atoms with Crippen molar-refractivity contribution in [2.24, 2.45) is 13.0 Å². The van der Waals surface area contributed by atoms with E-state index in [1.165, 1.54) is 24.1 Å². The molecule has 0 bridgehead atoms. The van der Waals surface area contributed by atoms with Crippen molar-refractivity contribution in [1.82, 2.24) is 19.7 Å². The van der Waals surface area contributed by atoms with Crippen LogP contribution in [-0.2, 0) is 34.3 Å². The molecule has 9 nitrogen and oxygen atoms in total. The number of aliphatic carboxylic acids is 2. The van der Waals surface area contributed by atoms with Crippen LogP contribution in [0.1, 0.15) is 35.8 Å². The summed E-state index contributed by atoms with van der Waals surface area (Å²) in [6, 6.07) is 6.39. The fourth-order valence-electron chi connectivity index (χ4n) is 3.41. The number of nitrogens with zero attached hydrogens (tertiary/aromatic N) is 4. The summed E-state index contributed by atoms with van der Waals surface area (Å²) in [4.78, 5) is 24.8. The molecule has 15 heteroatoms. The van der Waals surface area contributed by atoms with E-state index in [1.807, 2.05) is 30.2 Å². The monoisotopic (exact) mass is 540 g/mol. The third-order valence-corrected chi connectivity index (χ3v) is 5.39. The Balaban J connectivity index is 0.000000286. The Hall–Kier alpha value is -3.20. The zero-order valence-electron chi connectivity index (χ0n) is 19.7. The summed E-state index contributed by atoms with van der Waals surface area (Å²) in [6.45, 7) is 3.55. The molecule has 1 aliphatic heterocycles. The average molecular weight is 540 g/mol. The van der Waals surface area contributed by atoms with Crippen LogP contribution in [-0.4, -0.2) is 73.9 Å². The highest BCUT2D eigenvalue weighted by Crippen LogP contribution is 2.33. The lowest BCUT2D eigenvalue weighted by Gasteiger charge is -2.35. The van der Waals surface area contributed by atoms with Crippen LogP contribution in [0, 0.1) is 5.92 Å². The summed E-state index contributed by atoms with van der Waals surface area (Å²) in [5.41, 5.74) is 3.79. The standard InChI is InChI=1S/C18H24N4O.2C2HF3O2/c1-21-18-15(10-20-21)7-9-22(11-16-4-2-3-8-19-16)17(18)13-23-12-14-5-6-14;2*3-2(4,5)1(6)7/h2-4,8,10,14,17H,5-7,9,11-13H2,1H3;2*(H,6,7). The van der Waals surface area contributed by atoms with Gasteiger partial charge in [-0.05, 0) is 42.9 Å². The third kappa shape index (κ3) is 9.99. The van der Waals surface area contributed by atoms with Gasteiger partial charge in [-0.2, -0.15) is 31.4 Å². The van der Waals surface area contributed by atoms with E-state index in [9.17, 15) is 26.3 Å². The van der Waals surface area contributed by atoms with Crippen molar-refractivity contribution in [2.45, 2.75) is 44.2 Å². The number of aromatic nitrogens is 3. The topological polar surface area (TPSA) is 118 Å². The number of halogens is 6. The Bertz CT molecular complexity index is 1000. The van der Waals surface area contributed by atoms with Crippen molar-refractivity contribution in [3.8, 4) is 0 Å². The molecule has 1 fully saturated rings. The molecule has 1 aliphatic carbocycles. The summed E-state index contributed by atoms with van der Waals surface area (Å²) in [5.74, 6) is -4.71. The normalized spacial score (nSPS) is 17.5. The van der Waals surface area contributed by atoms with Crippen LogP contribution < -0.4 is 0 Å². The molecule has 2 aromatic heterocycles. The lowest BCUT2D eigenvalue weighted by molar-refractivity contribution is -0.193. The van der Waals surface area contributed by atoms with Crippen molar-refractivity contribution >= 4 is 11.9 Å². The van der Waals surface area contributed by atoms with E-state index < -0.39 is 24.3 Å². The van der Waals surface area contributed by atoms with Gasteiger partial charge in [0.2, 0.25) is 0 Å². The summed E-state index contributed by atoms with van der Waals surface area (Å²) in [5, 5.41) is 18.7. The van der Waals surface area contributed by atoms with Gasteiger partial charge in [0, 0.05) is 32.9 Å². The van der Waals surface area contributed by atoms with E-state index in [0.29, 0.717) is 0 Å². The molecule has 2 N–H and O–H groups in total. The molecule has 206 valence electrons. The molecule has 0 aromatic carbocycles. The van der Waals surface area contributed by atoms with Crippen molar-refractivity contribution in [2.75, 3.05) is 19.8 Å². The van der Waals surface area contributed by atoms with Crippen molar-refractivity contribution in [1.29, 1.82) is 0 Å². The van der Waals surface area contributed by atoms with Crippen LogP contribution in [0.2, 0.25) is 0 Å². The van der Waals surface area contributed by atoms with Crippen LogP contribution in [0.3, 0.4) is 0 Å². The molecule has 37 heavy (non-hydrogen) atoms. The summed E-state index contributed by atoms with van der Waals surface area (Å²) < 4.78 is 71.5. The lowest BCUT2D eigenvalue weighted by Crippen LogP contribution is -2.38. The van der Waals surface area contributed by atoms with Crippen LogP contribution in [0.25, 0.3) is 0 Å².